The predicted octanol–water partition coefficient (Wildman–Crippen LogP) is 5.25. The Morgan fingerprint density at radius 1 is 1.28 bits per heavy atom. The maximum atomic E-state index is 11.4. The Bertz CT molecular complexity index is 986. The van der Waals surface area contributed by atoms with Crippen LogP contribution in [0.2, 0.25) is 5.15 Å². The average Bonchev–Trinajstić information content (AvgIpc) is 3.01. The van der Waals surface area contributed by atoms with Crippen molar-refractivity contribution in [2.24, 2.45) is 0 Å². The van der Waals surface area contributed by atoms with Crippen molar-refractivity contribution in [1.82, 2.24) is 9.97 Å². The van der Waals surface area contributed by atoms with Gasteiger partial charge in [-0.3, -0.25) is 0 Å². The van der Waals surface area contributed by atoms with Crippen LogP contribution in [0.1, 0.15) is 37.4 Å². The molecule has 0 atom stereocenters. The van der Waals surface area contributed by atoms with E-state index in [1.54, 1.807) is 17.4 Å². The molecule has 0 aliphatic heterocycles. The third kappa shape index (κ3) is 3.14. The molecule has 1 aromatic carbocycles. The molecule has 128 valence electrons. The van der Waals surface area contributed by atoms with E-state index < -0.39 is 0 Å². The minimum Gasteiger partial charge on any atom is -0.466 e. The van der Waals surface area contributed by atoms with E-state index in [1.807, 2.05) is 12.1 Å². The van der Waals surface area contributed by atoms with Crippen LogP contribution in [0.4, 0.5) is 0 Å². The second-order valence-corrected chi connectivity index (χ2v) is 7.64. The molecule has 4 nitrogen and oxygen atoms in total. The Balaban J connectivity index is 1.64. The molecule has 6 heteroatoms. The van der Waals surface area contributed by atoms with Crippen LogP contribution in [0, 0.1) is 0 Å². The van der Waals surface area contributed by atoms with Crippen LogP contribution in [0.3, 0.4) is 0 Å². The lowest BCUT2D eigenvalue weighted by Crippen LogP contribution is -2.11. The van der Waals surface area contributed by atoms with E-state index >= 15 is 0 Å². The summed E-state index contributed by atoms with van der Waals surface area (Å²) in [6, 6.07) is 8.18. The maximum absolute atomic E-state index is 11.4. The zero-order valence-corrected chi connectivity index (χ0v) is 15.4. The molecule has 0 unspecified atom stereocenters. The topological polar surface area (TPSA) is 52.1 Å². The van der Waals surface area contributed by atoms with Gasteiger partial charge in [-0.1, -0.05) is 35.4 Å². The number of carbonyl (C=O) groups is 1. The first-order valence-electron chi connectivity index (χ1n) is 8.28. The van der Waals surface area contributed by atoms with Crippen LogP contribution in [-0.2, 0) is 9.53 Å². The van der Waals surface area contributed by atoms with Gasteiger partial charge in [-0.25, -0.2) is 14.8 Å². The van der Waals surface area contributed by atoms with Crippen molar-refractivity contribution in [1.29, 1.82) is 0 Å². The van der Waals surface area contributed by atoms with Crippen LogP contribution in [0.5, 0.6) is 0 Å². The van der Waals surface area contributed by atoms with Crippen molar-refractivity contribution in [3.8, 4) is 0 Å². The minimum absolute atomic E-state index is 0.278. The summed E-state index contributed by atoms with van der Waals surface area (Å²) in [6.07, 6.45) is 5.20. The molecule has 1 aliphatic carbocycles. The first-order chi connectivity index (χ1) is 12.2. The third-order valence-electron chi connectivity index (χ3n) is 4.73. The van der Waals surface area contributed by atoms with E-state index in [9.17, 15) is 4.79 Å². The van der Waals surface area contributed by atoms with Crippen molar-refractivity contribution in [3.63, 3.8) is 0 Å². The summed E-state index contributed by atoms with van der Waals surface area (Å²) in [6.45, 7) is 0. The smallest absolute Gasteiger partial charge is 0.330 e. The van der Waals surface area contributed by atoms with Crippen molar-refractivity contribution in [2.75, 3.05) is 7.11 Å². The Hall–Kier alpha value is -1.98. The number of hydrogen-bond donors (Lipinski definition) is 0. The molecule has 0 N–H and O–H groups in total. The second-order valence-electron chi connectivity index (χ2n) is 6.25. The van der Waals surface area contributed by atoms with Gasteiger partial charge in [0, 0.05) is 22.1 Å². The zero-order chi connectivity index (χ0) is 17.4. The van der Waals surface area contributed by atoms with Gasteiger partial charge in [-0.2, -0.15) is 0 Å². The van der Waals surface area contributed by atoms with E-state index in [0.717, 1.165) is 52.7 Å². The first kappa shape index (κ1) is 16.5. The fourth-order valence-electron chi connectivity index (χ4n) is 3.40. The maximum Gasteiger partial charge on any atom is 0.330 e. The van der Waals surface area contributed by atoms with E-state index in [0.29, 0.717) is 5.15 Å². The van der Waals surface area contributed by atoms with Crippen molar-refractivity contribution in [3.05, 3.63) is 46.9 Å². The molecule has 4 rings (SSSR count). The second kappa shape index (κ2) is 6.73. The number of rotatable bonds is 2. The van der Waals surface area contributed by atoms with Gasteiger partial charge >= 0.3 is 5.97 Å². The summed E-state index contributed by atoms with van der Waals surface area (Å²) >= 11 is 8.16. The molecule has 0 radical (unpaired) electrons. The Kier molecular flexibility index (Phi) is 4.44. The molecule has 1 fully saturated rings. The number of aromatic nitrogens is 2. The highest BCUT2D eigenvalue weighted by Crippen LogP contribution is 2.39. The molecule has 1 saturated carbocycles. The molecule has 3 aromatic rings. The average molecular weight is 373 g/mol. The number of esters is 1. The van der Waals surface area contributed by atoms with E-state index in [-0.39, 0.29) is 11.9 Å². The molecule has 0 amide bonds. The molecule has 0 bridgehead atoms. The number of allylic oxidation sites excluding steroid dienone is 1. The summed E-state index contributed by atoms with van der Waals surface area (Å²) in [5, 5.41) is 2.60. The lowest BCUT2D eigenvalue weighted by Gasteiger charge is -2.22. The third-order valence-corrected chi connectivity index (χ3v) is 6.07. The number of ether oxygens (including phenoxy) is 1. The number of fused-ring (bicyclic) bond motifs is 3. The molecule has 2 aromatic heterocycles. The molecule has 1 aliphatic rings. The highest BCUT2D eigenvalue weighted by atomic mass is 35.5. The highest BCUT2D eigenvalue weighted by Gasteiger charge is 2.23. The normalized spacial score (nSPS) is 17.8. The summed E-state index contributed by atoms with van der Waals surface area (Å²) in [4.78, 5) is 21.7. The van der Waals surface area contributed by atoms with Crippen LogP contribution in [-0.4, -0.2) is 23.0 Å². The molecule has 2 heterocycles. The predicted molar refractivity (Wildman–Crippen MR) is 101 cm³/mol. The van der Waals surface area contributed by atoms with Gasteiger partial charge in [0.1, 0.15) is 15.8 Å². The lowest BCUT2D eigenvalue weighted by atomic mass is 9.85. The summed E-state index contributed by atoms with van der Waals surface area (Å²) in [5.74, 6) is 0.822. The van der Waals surface area contributed by atoms with Gasteiger partial charge in [0.25, 0.3) is 0 Å². The van der Waals surface area contributed by atoms with Crippen LogP contribution < -0.4 is 0 Å². The summed E-state index contributed by atoms with van der Waals surface area (Å²) in [5.41, 5.74) is 1.14. The molecular formula is C19H17ClN2O2S. The highest BCUT2D eigenvalue weighted by molar-refractivity contribution is 7.25. The SMILES string of the molecule is COC(=O)C=C1CCC(c2nc(Cl)c3c(n2)sc2ccccc23)CC1. The van der Waals surface area contributed by atoms with Crippen molar-refractivity contribution in [2.45, 2.75) is 31.6 Å². The number of thiophene rings is 1. The molecular weight excluding hydrogens is 356 g/mol. The Morgan fingerprint density at radius 3 is 2.80 bits per heavy atom. The zero-order valence-electron chi connectivity index (χ0n) is 13.8. The molecule has 25 heavy (non-hydrogen) atoms. The van der Waals surface area contributed by atoms with Gasteiger partial charge in [-0.15, -0.1) is 11.3 Å². The number of methoxy groups -OCH3 is 1. The molecule has 0 saturated heterocycles. The van der Waals surface area contributed by atoms with Gasteiger partial charge in [-0.05, 0) is 31.7 Å². The van der Waals surface area contributed by atoms with Crippen LogP contribution in [0.15, 0.2) is 35.9 Å². The van der Waals surface area contributed by atoms with Gasteiger partial charge in [0.15, 0.2) is 0 Å². The number of halogens is 1. The van der Waals surface area contributed by atoms with E-state index in [2.05, 4.69) is 17.1 Å². The van der Waals surface area contributed by atoms with Gasteiger partial charge in [0.05, 0.1) is 12.5 Å². The fourth-order valence-corrected chi connectivity index (χ4v) is 4.81. The number of carbonyl (C=O) groups excluding carboxylic acids is 1. The van der Waals surface area contributed by atoms with Crippen LogP contribution >= 0.6 is 22.9 Å². The van der Waals surface area contributed by atoms with Gasteiger partial charge in [0.2, 0.25) is 0 Å². The first-order valence-corrected chi connectivity index (χ1v) is 9.47. The number of benzene rings is 1. The fraction of sp³-hybridized carbons (Fsp3) is 0.316. The Labute approximate surface area is 154 Å². The monoisotopic (exact) mass is 372 g/mol. The summed E-state index contributed by atoms with van der Waals surface area (Å²) < 4.78 is 5.88. The Morgan fingerprint density at radius 2 is 2.04 bits per heavy atom. The van der Waals surface area contributed by atoms with Crippen molar-refractivity contribution >= 4 is 49.2 Å². The van der Waals surface area contributed by atoms with Crippen molar-refractivity contribution < 1.29 is 9.53 Å². The standard InChI is InChI=1S/C19H17ClN2O2S/c1-24-15(23)10-11-6-8-12(9-7-11)18-21-17(20)16-13-4-2-3-5-14(13)25-19(16)22-18/h2-5,10,12H,6-9H2,1H3. The van der Waals surface area contributed by atoms with Crippen LogP contribution in [0.25, 0.3) is 20.3 Å². The van der Waals surface area contributed by atoms with Gasteiger partial charge < -0.3 is 4.74 Å². The van der Waals surface area contributed by atoms with E-state index in [4.69, 9.17) is 21.3 Å². The molecule has 0 spiro atoms. The number of hydrogen-bond acceptors (Lipinski definition) is 5. The van der Waals surface area contributed by atoms with E-state index in [1.165, 1.54) is 11.8 Å². The lowest BCUT2D eigenvalue weighted by molar-refractivity contribution is -0.134. The summed E-state index contributed by atoms with van der Waals surface area (Å²) in [7, 11) is 1.40. The largest absolute Gasteiger partial charge is 0.466 e. The number of nitrogens with zero attached hydrogens (tertiary/aromatic N) is 2. The quantitative estimate of drug-likeness (QED) is 0.350. The minimum atomic E-state index is -0.278.